The molecule has 3 unspecified atom stereocenters. The SMILES string of the molecule is CC1CCCC(C)N1NC1(CN)CCS(=O)(=O)C1. The van der Waals surface area contributed by atoms with Crippen LogP contribution < -0.4 is 11.2 Å². The van der Waals surface area contributed by atoms with Crippen LogP contribution in [0, 0.1) is 0 Å². The van der Waals surface area contributed by atoms with Gasteiger partial charge in [-0.2, -0.15) is 0 Å². The summed E-state index contributed by atoms with van der Waals surface area (Å²) in [7, 11) is -2.92. The summed E-state index contributed by atoms with van der Waals surface area (Å²) in [4.78, 5) is 0. The van der Waals surface area contributed by atoms with Crippen LogP contribution in [0.5, 0.6) is 0 Å². The number of hydrazine groups is 1. The second-order valence-corrected chi connectivity index (χ2v) is 8.16. The van der Waals surface area contributed by atoms with Crippen LogP contribution in [0.25, 0.3) is 0 Å². The van der Waals surface area contributed by atoms with Crippen molar-refractivity contribution in [3.8, 4) is 0 Å². The molecule has 0 bridgehead atoms. The Balaban J connectivity index is 2.10. The van der Waals surface area contributed by atoms with E-state index < -0.39 is 15.4 Å². The number of nitrogens with one attached hydrogen (secondary N) is 1. The van der Waals surface area contributed by atoms with Crippen molar-refractivity contribution in [1.82, 2.24) is 10.4 Å². The standard InChI is InChI=1S/C12H25N3O2S/c1-10-4-3-5-11(2)15(10)14-12(8-13)6-7-18(16,17)9-12/h10-11,14H,3-9,13H2,1-2H3. The summed E-state index contributed by atoms with van der Waals surface area (Å²) < 4.78 is 23.4. The van der Waals surface area contributed by atoms with Crippen LogP contribution in [-0.4, -0.2) is 49.1 Å². The Kier molecular flexibility index (Phi) is 4.02. The highest BCUT2D eigenvalue weighted by Crippen LogP contribution is 2.27. The zero-order valence-corrected chi connectivity index (χ0v) is 12.2. The van der Waals surface area contributed by atoms with Gasteiger partial charge >= 0.3 is 0 Å². The Bertz CT molecular complexity index is 388. The van der Waals surface area contributed by atoms with E-state index in [1.165, 1.54) is 6.42 Å². The summed E-state index contributed by atoms with van der Waals surface area (Å²) in [6.07, 6.45) is 4.19. The van der Waals surface area contributed by atoms with Crippen LogP contribution in [-0.2, 0) is 9.84 Å². The number of nitrogens with two attached hydrogens (primary N) is 1. The third kappa shape index (κ3) is 2.87. The maximum Gasteiger partial charge on any atom is 0.152 e. The van der Waals surface area contributed by atoms with Crippen LogP contribution in [0.2, 0.25) is 0 Å². The molecule has 0 aromatic carbocycles. The lowest BCUT2D eigenvalue weighted by Crippen LogP contribution is -2.64. The third-order valence-electron chi connectivity index (χ3n) is 4.34. The van der Waals surface area contributed by atoms with E-state index in [2.05, 4.69) is 24.3 Å². The summed E-state index contributed by atoms with van der Waals surface area (Å²) in [5.74, 6) is 0.431. The Hall–Kier alpha value is -0.170. The monoisotopic (exact) mass is 275 g/mol. The normalized spacial score (nSPS) is 41.1. The highest BCUT2D eigenvalue weighted by molar-refractivity contribution is 7.91. The number of hydrogen-bond acceptors (Lipinski definition) is 5. The molecule has 0 aromatic heterocycles. The Labute approximate surface area is 110 Å². The second-order valence-electron chi connectivity index (χ2n) is 5.97. The molecule has 2 saturated heterocycles. The topological polar surface area (TPSA) is 75.4 Å². The van der Waals surface area contributed by atoms with E-state index in [1.807, 2.05) is 0 Å². The first-order valence-corrected chi connectivity index (χ1v) is 8.66. The smallest absolute Gasteiger partial charge is 0.152 e. The molecule has 3 atom stereocenters. The molecule has 0 radical (unpaired) electrons. The minimum Gasteiger partial charge on any atom is -0.329 e. The van der Waals surface area contributed by atoms with Crippen molar-refractivity contribution < 1.29 is 8.42 Å². The van der Waals surface area contributed by atoms with Gasteiger partial charge in [-0.1, -0.05) is 6.42 Å². The number of hydrogen-bond donors (Lipinski definition) is 2. The van der Waals surface area contributed by atoms with Crippen molar-refractivity contribution in [3.63, 3.8) is 0 Å². The predicted octanol–water partition coefficient (Wildman–Crippen LogP) is 0.270. The average Bonchev–Trinajstić information content (AvgIpc) is 2.61. The van der Waals surface area contributed by atoms with Crippen LogP contribution in [0.15, 0.2) is 0 Å². The molecule has 106 valence electrons. The molecule has 2 fully saturated rings. The lowest BCUT2D eigenvalue weighted by molar-refractivity contribution is 0.00851. The van der Waals surface area contributed by atoms with Crippen LogP contribution in [0.1, 0.15) is 39.5 Å². The quantitative estimate of drug-likeness (QED) is 0.773. The first kappa shape index (κ1) is 14.2. The van der Waals surface area contributed by atoms with Crippen molar-refractivity contribution >= 4 is 9.84 Å². The van der Waals surface area contributed by atoms with Gasteiger partial charge in [0.15, 0.2) is 9.84 Å². The van der Waals surface area contributed by atoms with Gasteiger partial charge in [-0.3, -0.25) is 0 Å². The van der Waals surface area contributed by atoms with Gasteiger partial charge in [-0.15, -0.1) is 0 Å². The number of sulfone groups is 1. The summed E-state index contributed by atoms with van der Waals surface area (Å²) in [5, 5.41) is 2.23. The van der Waals surface area contributed by atoms with E-state index >= 15 is 0 Å². The summed E-state index contributed by atoms with van der Waals surface area (Å²) in [6.45, 7) is 4.76. The van der Waals surface area contributed by atoms with Crippen molar-refractivity contribution in [1.29, 1.82) is 0 Å². The van der Waals surface area contributed by atoms with Gasteiger partial charge in [-0.05, 0) is 33.1 Å². The van der Waals surface area contributed by atoms with E-state index in [1.54, 1.807) is 0 Å². The minimum atomic E-state index is -2.92. The fourth-order valence-electron chi connectivity index (χ4n) is 3.13. The molecule has 6 heteroatoms. The van der Waals surface area contributed by atoms with Gasteiger partial charge in [-0.25, -0.2) is 18.9 Å². The maximum absolute atomic E-state index is 11.7. The van der Waals surface area contributed by atoms with Crippen molar-refractivity contribution in [2.24, 2.45) is 5.73 Å². The summed E-state index contributed by atoms with van der Waals surface area (Å²) in [6, 6.07) is 0.890. The molecule has 0 saturated carbocycles. The molecule has 5 nitrogen and oxygen atoms in total. The largest absolute Gasteiger partial charge is 0.329 e. The van der Waals surface area contributed by atoms with Gasteiger partial charge in [0.2, 0.25) is 0 Å². The summed E-state index contributed by atoms with van der Waals surface area (Å²) >= 11 is 0. The van der Waals surface area contributed by atoms with E-state index in [-0.39, 0.29) is 11.5 Å². The Morgan fingerprint density at radius 2 is 1.94 bits per heavy atom. The van der Waals surface area contributed by atoms with Gasteiger partial charge < -0.3 is 5.73 Å². The van der Waals surface area contributed by atoms with Gasteiger partial charge in [0.25, 0.3) is 0 Å². The molecule has 0 amide bonds. The lowest BCUT2D eigenvalue weighted by Gasteiger charge is -2.44. The number of piperidine rings is 1. The molecule has 3 N–H and O–H groups in total. The van der Waals surface area contributed by atoms with E-state index in [0.29, 0.717) is 25.0 Å². The zero-order valence-electron chi connectivity index (χ0n) is 11.4. The molecule has 0 aromatic rings. The van der Waals surface area contributed by atoms with Gasteiger partial charge in [0, 0.05) is 18.6 Å². The van der Waals surface area contributed by atoms with Crippen LogP contribution in [0.3, 0.4) is 0 Å². The first-order valence-electron chi connectivity index (χ1n) is 6.84. The average molecular weight is 275 g/mol. The fraction of sp³-hybridized carbons (Fsp3) is 1.00. The second kappa shape index (κ2) is 5.07. The maximum atomic E-state index is 11.7. The van der Waals surface area contributed by atoms with Crippen molar-refractivity contribution in [2.75, 3.05) is 18.1 Å². The Morgan fingerprint density at radius 1 is 1.33 bits per heavy atom. The molecule has 2 rings (SSSR count). The highest BCUT2D eigenvalue weighted by Gasteiger charge is 2.43. The molecule has 2 aliphatic rings. The third-order valence-corrected chi connectivity index (χ3v) is 6.16. The van der Waals surface area contributed by atoms with Crippen LogP contribution in [0.4, 0.5) is 0 Å². The minimum absolute atomic E-state index is 0.173. The lowest BCUT2D eigenvalue weighted by atomic mass is 9.97. The Morgan fingerprint density at radius 3 is 2.39 bits per heavy atom. The molecular formula is C12H25N3O2S. The highest BCUT2D eigenvalue weighted by atomic mass is 32.2. The van der Waals surface area contributed by atoms with E-state index in [4.69, 9.17) is 5.73 Å². The molecule has 2 heterocycles. The van der Waals surface area contributed by atoms with Gasteiger partial charge in [0.1, 0.15) is 0 Å². The van der Waals surface area contributed by atoms with Crippen LogP contribution >= 0.6 is 0 Å². The molecular weight excluding hydrogens is 250 g/mol. The molecule has 18 heavy (non-hydrogen) atoms. The van der Waals surface area contributed by atoms with E-state index in [0.717, 1.165) is 12.8 Å². The number of rotatable bonds is 3. The van der Waals surface area contributed by atoms with E-state index in [9.17, 15) is 8.42 Å². The fourth-order valence-corrected chi connectivity index (χ4v) is 5.14. The predicted molar refractivity (Wildman–Crippen MR) is 72.8 cm³/mol. The molecule has 0 spiro atoms. The number of nitrogens with zero attached hydrogens (tertiary/aromatic N) is 1. The zero-order chi connectivity index (χ0) is 13.4. The van der Waals surface area contributed by atoms with Gasteiger partial charge in [0.05, 0.1) is 17.0 Å². The first-order chi connectivity index (χ1) is 8.37. The van der Waals surface area contributed by atoms with Crippen molar-refractivity contribution in [2.45, 2.75) is 57.2 Å². The molecule has 0 aliphatic carbocycles. The summed E-state index contributed by atoms with van der Waals surface area (Å²) in [5.41, 5.74) is 8.86. The van der Waals surface area contributed by atoms with Crippen molar-refractivity contribution in [3.05, 3.63) is 0 Å². The molecule has 2 aliphatic heterocycles.